The lowest BCUT2D eigenvalue weighted by Gasteiger charge is -2.04. The Bertz CT molecular complexity index is 380. The van der Waals surface area contributed by atoms with Crippen molar-refractivity contribution in [2.75, 3.05) is 19.7 Å². The van der Waals surface area contributed by atoms with Gasteiger partial charge in [-0.25, -0.2) is 9.37 Å². The summed E-state index contributed by atoms with van der Waals surface area (Å²) in [6.45, 7) is 6.28. The van der Waals surface area contributed by atoms with Crippen molar-refractivity contribution in [2.24, 2.45) is 0 Å². The average Bonchev–Trinajstić information content (AvgIpc) is 2.38. The van der Waals surface area contributed by atoms with Crippen LogP contribution in [-0.2, 0) is 0 Å². The van der Waals surface area contributed by atoms with Gasteiger partial charge in [0.25, 0.3) is 5.88 Å². The zero-order chi connectivity index (χ0) is 13.2. The first-order valence-corrected chi connectivity index (χ1v) is 6.44. The van der Waals surface area contributed by atoms with Crippen LogP contribution in [0.2, 0.25) is 0 Å². The standard InChI is InChI=1S/C14H21FN2O/c1-3-9-16-10-6-5-7-12-8-11-17-14(13(12)15)18-4-2/h5,7-8,11,16H,3-4,6,9-10H2,1-2H3/b7-5+. The quantitative estimate of drug-likeness (QED) is 0.722. The van der Waals surface area contributed by atoms with E-state index in [1.54, 1.807) is 18.3 Å². The third kappa shape index (κ3) is 4.84. The monoisotopic (exact) mass is 252 g/mol. The first kappa shape index (κ1) is 14.6. The Morgan fingerprint density at radius 1 is 1.39 bits per heavy atom. The van der Waals surface area contributed by atoms with E-state index in [9.17, 15) is 4.39 Å². The number of hydrogen-bond acceptors (Lipinski definition) is 3. The van der Waals surface area contributed by atoms with E-state index in [0.717, 1.165) is 25.9 Å². The largest absolute Gasteiger partial charge is 0.476 e. The summed E-state index contributed by atoms with van der Waals surface area (Å²) < 4.78 is 18.9. The average molecular weight is 252 g/mol. The molecule has 1 rings (SSSR count). The highest BCUT2D eigenvalue weighted by molar-refractivity contribution is 5.51. The van der Waals surface area contributed by atoms with Crippen molar-refractivity contribution in [3.63, 3.8) is 0 Å². The van der Waals surface area contributed by atoms with Gasteiger partial charge in [-0.1, -0.05) is 19.1 Å². The van der Waals surface area contributed by atoms with Gasteiger partial charge in [-0.15, -0.1) is 0 Å². The van der Waals surface area contributed by atoms with Crippen molar-refractivity contribution in [2.45, 2.75) is 26.7 Å². The topological polar surface area (TPSA) is 34.2 Å². The summed E-state index contributed by atoms with van der Waals surface area (Å²) in [5, 5.41) is 3.29. The molecule has 0 amide bonds. The lowest BCUT2D eigenvalue weighted by atomic mass is 10.2. The Kier molecular flexibility index (Phi) is 7.03. The lowest BCUT2D eigenvalue weighted by molar-refractivity contribution is 0.307. The fourth-order valence-electron chi connectivity index (χ4n) is 1.50. The fourth-order valence-corrected chi connectivity index (χ4v) is 1.50. The summed E-state index contributed by atoms with van der Waals surface area (Å²) in [7, 11) is 0. The molecule has 4 heteroatoms. The smallest absolute Gasteiger partial charge is 0.250 e. The van der Waals surface area contributed by atoms with E-state index < -0.39 is 5.82 Å². The molecule has 0 spiro atoms. The summed E-state index contributed by atoms with van der Waals surface area (Å²) in [6, 6.07) is 1.65. The highest BCUT2D eigenvalue weighted by atomic mass is 19.1. The molecule has 0 atom stereocenters. The molecule has 18 heavy (non-hydrogen) atoms. The molecule has 100 valence electrons. The predicted octanol–water partition coefficient (Wildman–Crippen LogP) is 3.02. The summed E-state index contributed by atoms with van der Waals surface area (Å²) in [5.74, 6) is -0.319. The zero-order valence-electron chi connectivity index (χ0n) is 11.1. The molecule has 1 aromatic heterocycles. The van der Waals surface area contributed by atoms with E-state index in [1.165, 1.54) is 0 Å². The molecule has 1 N–H and O–H groups in total. The molecule has 0 aliphatic heterocycles. The third-order valence-electron chi connectivity index (χ3n) is 2.38. The molecular formula is C14H21FN2O. The minimum Gasteiger partial charge on any atom is -0.476 e. The Balaban J connectivity index is 2.50. The van der Waals surface area contributed by atoms with Gasteiger partial charge in [0, 0.05) is 11.8 Å². The van der Waals surface area contributed by atoms with Gasteiger partial charge < -0.3 is 10.1 Å². The maximum Gasteiger partial charge on any atom is 0.250 e. The molecule has 0 fully saturated rings. The molecular weight excluding hydrogens is 231 g/mol. The number of hydrogen-bond donors (Lipinski definition) is 1. The van der Waals surface area contributed by atoms with Crippen LogP contribution in [0.4, 0.5) is 4.39 Å². The molecule has 0 aromatic carbocycles. The molecule has 1 aromatic rings. The normalized spacial score (nSPS) is 11.1. The Morgan fingerprint density at radius 2 is 2.22 bits per heavy atom. The maximum absolute atomic E-state index is 13.8. The summed E-state index contributed by atoms with van der Waals surface area (Å²) in [4.78, 5) is 3.85. The first-order chi connectivity index (χ1) is 8.79. The van der Waals surface area contributed by atoms with Crippen molar-refractivity contribution in [3.8, 4) is 5.88 Å². The number of pyridine rings is 1. The number of nitrogens with one attached hydrogen (secondary N) is 1. The van der Waals surface area contributed by atoms with Gasteiger partial charge in [-0.05, 0) is 38.9 Å². The number of halogens is 1. The van der Waals surface area contributed by atoms with Gasteiger partial charge in [0.2, 0.25) is 0 Å². The number of nitrogens with zero attached hydrogens (tertiary/aromatic N) is 1. The minimum absolute atomic E-state index is 0.0729. The molecule has 0 unspecified atom stereocenters. The predicted molar refractivity (Wildman–Crippen MR) is 72.2 cm³/mol. The van der Waals surface area contributed by atoms with Crippen LogP contribution in [0, 0.1) is 5.82 Å². The van der Waals surface area contributed by atoms with E-state index in [4.69, 9.17) is 4.74 Å². The SMILES string of the molecule is CCCNCC/C=C/c1ccnc(OCC)c1F. The second-order valence-corrected chi connectivity index (χ2v) is 3.89. The Hall–Kier alpha value is -1.42. The van der Waals surface area contributed by atoms with E-state index in [2.05, 4.69) is 17.2 Å². The van der Waals surface area contributed by atoms with Crippen LogP contribution in [0.15, 0.2) is 18.3 Å². The second kappa shape index (κ2) is 8.64. The zero-order valence-corrected chi connectivity index (χ0v) is 11.1. The van der Waals surface area contributed by atoms with Gasteiger partial charge >= 0.3 is 0 Å². The van der Waals surface area contributed by atoms with Crippen LogP contribution >= 0.6 is 0 Å². The molecule has 0 saturated carbocycles. The molecule has 0 bridgehead atoms. The summed E-state index contributed by atoms with van der Waals surface area (Å²) in [6.07, 6.45) is 7.29. The van der Waals surface area contributed by atoms with E-state index in [0.29, 0.717) is 12.2 Å². The second-order valence-electron chi connectivity index (χ2n) is 3.89. The molecule has 1 heterocycles. The molecule has 3 nitrogen and oxygen atoms in total. The molecule has 0 radical (unpaired) electrons. The minimum atomic E-state index is -0.392. The van der Waals surface area contributed by atoms with Crippen molar-refractivity contribution in [1.29, 1.82) is 0 Å². The van der Waals surface area contributed by atoms with Crippen LogP contribution in [0.3, 0.4) is 0 Å². The Morgan fingerprint density at radius 3 is 2.94 bits per heavy atom. The van der Waals surface area contributed by atoms with Crippen LogP contribution in [0.25, 0.3) is 6.08 Å². The third-order valence-corrected chi connectivity index (χ3v) is 2.38. The van der Waals surface area contributed by atoms with Crippen molar-refractivity contribution >= 4 is 6.08 Å². The summed E-state index contributed by atoms with van der Waals surface area (Å²) in [5.41, 5.74) is 0.518. The Labute approximate surface area is 108 Å². The number of aromatic nitrogens is 1. The van der Waals surface area contributed by atoms with E-state index >= 15 is 0 Å². The van der Waals surface area contributed by atoms with Crippen LogP contribution in [0.1, 0.15) is 32.3 Å². The maximum atomic E-state index is 13.8. The molecule has 0 aliphatic rings. The first-order valence-electron chi connectivity index (χ1n) is 6.44. The van der Waals surface area contributed by atoms with Crippen molar-refractivity contribution in [3.05, 3.63) is 29.7 Å². The molecule has 0 saturated heterocycles. The van der Waals surface area contributed by atoms with Crippen LogP contribution in [0.5, 0.6) is 5.88 Å². The van der Waals surface area contributed by atoms with Gasteiger partial charge in [0.1, 0.15) is 0 Å². The van der Waals surface area contributed by atoms with Gasteiger partial charge in [0.15, 0.2) is 5.82 Å². The van der Waals surface area contributed by atoms with E-state index in [-0.39, 0.29) is 5.88 Å². The molecule has 0 aliphatic carbocycles. The fraction of sp³-hybridized carbons (Fsp3) is 0.500. The van der Waals surface area contributed by atoms with Gasteiger partial charge in [-0.3, -0.25) is 0 Å². The summed E-state index contributed by atoms with van der Waals surface area (Å²) >= 11 is 0. The number of ether oxygens (including phenoxy) is 1. The van der Waals surface area contributed by atoms with E-state index in [1.807, 2.05) is 13.0 Å². The van der Waals surface area contributed by atoms with Crippen molar-refractivity contribution < 1.29 is 9.13 Å². The van der Waals surface area contributed by atoms with Gasteiger partial charge in [0.05, 0.1) is 6.61 Å². The van der Waals surface area contributed by atoms with Gasteiger partial charge in [-0.2, -0.15) is 0 Å². The highest BCUT2D eigenvalue weighted by Gasteiger charge is 2.07. The van der Waals surface area contributed by atoms with Crippen LogP contribution in [-0.4, -0.2) is 24.7 Å². The number of rotatable bonds is 8. The highest BCUT2D eigenvalue weighted by Crippen LogP contribution is 2.18. The van der Waals surface area contributed by atoms with Crippen molar-refractivity contribution in [1.82, 2.24) is 10.3 Å². The lowest BCUT2D eigenvalue weighted by Crippen LogP contribution is -2.14. The van der Waals surface area contributed by atoms with Crippen LogP contribution < -0.4 is 10.1 Å².